The van der Waals surface area contributed by atoms with E-state index < -0.39 is 0 Å². The van der Waals surface area contributed by atoms with Crippen LogP contribution in [0.1, 0.15) is 67.2 Å². The van der Waals surface area contributed by atoms with Crippen molar-refractivity contribution in [3.63, 3.8) is 0 Å². The largest absolute Gasteiger partial charge is 0.317 e. The lowest BCUT2D eigenvalue weighted by atomic mass is 10.1. The first-order valence-electron chi connectivity index (χ1n) is 8.42. The van der Waals surface area contributed by atoms with E-state index >= 15 is 0 Å². The molecule has 0 heterocycles. The lowest BCUT2D eigenvalue weighted by Crippen LogP contribution is -2.36. The zero-order valence-corrected chi connectivity index (χ0v) is 14.3. The molecule has 0 aliphatic carbocycles. The number of rotatable bonds is 12. The van der Waals surface area contributed by atoms with E-state index in [0.29, 0.717) is 0 Å². The molecule has 0 radical (unpaired) electrons. The van der Waals surface area contributed by atoms with E-state index in [1.165, 1.54) is 45.3 Å². The minimum absolute atomic E-state index is 0.733. The molecule has 0 saturated carbocycles. The summed E-state index contributed by atoms with van der Waals surface area (Å²) in [5.41, 5.74) is 0. The molecule has 0 bridgehead atoms. The number of hydrogen-bond donors (Lipinski definition) is 1. The van der Waals surface area contributed by atoms with Gasteiger partial charge in [-0.1, -0.05) is 34.6 Å². The fourth-order valence-corrected chi connectivity index (χ4v) is 2.28. The molecule has 0 aliphatic rings. The van der Waals surface area contributed by atoms with E-state index in [4.69, 9.17) is 0 Å². The fourth-order valence-electron chi connectivity index (χ4n) is 2.28. The van der Waals surface area contributed by atoms with E-state index in [2.05, 4.69) is 51.8 Å². The molecule has 2 nitrogen and oxygen atoms in total. The van der Waals surface area contributed by atoms with Crippen LogP contribution in [0.5, 0.6) is 0 Å². The minimum Gasteiger partial charge on any atom is -0.317 e. The summed E-state index contributed by atoms with van der Waals surface area (Å²) in [7, 11) is 0. The maximum absolute atomic E-state index is 3.42. The Morgan fingerprint density at radius 1 is 0.842 bits per heavy atom. The highest BCUT2D eigenvalue weighted by atomic mass is 15.1. The maximum atomic E-state index is 3.42. The van der Waals surface area contributed by atoms with Crippen molar-refractivity contribution < 1.29 is 0 Å². The topological polar surface area (TPSA) is 15.3 Å². The summed E-state index contributed by atoms with van der Waals surface area (Å²) in [6.07, 6.45) is 5.28. The first-order valence-corrected chi connectivity index (χ1v) is 8.42. The standard InChI is InChI=1S/C17H38N2/c1-7-18-12-8-9-17(6)19(13-10-15(2)3)14-11-16(4)5/h15-18H,7-14H2,1-6H3. The van der Waals surface area contributed by atoms with Gasteiger partial charge in [-0.3, -0.25) is 0 Å². The predicted octanol–water partition coefficient (Wildman–Crippen LogP) is 4.16. The van der Waals surface area contributed by atoms with Gasteiger partial charge in [0.25, 0.3) is 0 Å². The number of hydrogen-bond acceptors (Lipinski definition) is 2. The second-order valence-corrected chi connectivity index (χ2v) is 6.75. The quantitative estimate of drug-likeness (QED) is 0.536. The Hall–Kier alpha value is -0.0800. The summed E-state index contributed by atoms with van der Waals surface area (Å²) in [6, 6.07) is 0.733. The van der Waals surface area contributed by atoms with Crippen molar-refractivity contribution in [2.45, 2.75) is 73.3 Å². The Kier molecular flexibility index (Phi) is 11.7. The van der Waals surface area contributed by atoms with Crippen molar-refractivity contribution in [3.8, 4) is 0 Å². The molecule has 0 aromatic carbocycles. The Balaban J connectivity index is 4.04. The molecule has 0 spiro atoms. The van der Waals surface area contributed by atoms with Crippen LogP contribution >= 0.6 is 0 Å². The van der Waals surface area contributed by atoms with Crippen LogP contribution in [-0.2, 0) is 0 Å². The van der Waals surface area contributed by atoms with Gasteiger partial charge in [0.15, 0.2) is 0 Å². The molecule has 0 fully saturated rings. The molecular weight excluding hydrogens is 232 g/mol. The zero-order chi connectivity index (χ0) is 14.7. The smallest absolute Gasteiger partial charge is 0.00674 e. The molecule has 1 atom stereocenters. The number of nitrogens with one attached hydrogen (secondary N) is 1. The highest BCUT2D eigenvalue weighted by Crippen LogP contribution is 2.13. The molecule has 1 unspecified atom stereocenters. The zero-order valence-electron chi connectivity index (χ0n) is 14.3. The van der Waals surface area contributed by atoms with Crippen molar-refractivity contribution in [2.24, 2.45) is 11.8 Å². The van der Waals surface area contributed by atoms with Crippen LogP contribution in [0.25, 0.3) is 0 Å². The van der Waals surface area contributed by atoms with Gasteiger partial charge in [-0.05, 0) is 70.6 Å². The average Bonchev–Trinajstić information content (AvgIpc) is 2.33. The Labute approximate surface area is 122 Å². The van der Waals surface area contributed by atoms with Gasteiger partial charge in [0.2, 0.25) is 0 Å². The van der Waals surface area contributed by atoms with Gasteiger partial charge in [0, 0.05) is 6.04 Å². The van der Waals surface area contributed by atoms with Crippen molar-refractivity contribution in [3.05, 3.63) is 0 Å². The minimum atomic E-state index is 0.733. The van der Waals surface area contributed by atoms with Crippen LogP contribution in [-0.4, -0.2) is 37.1 Å². The maximum Gasteiger partial charge on any atom is 0.00674 e. The van der Waals surface area contributed by atoms with Crippen LogP contribution in [0.3, 0.4) is 0 Å². The number of nitrogens with zero attached hydrogens (tertiary/aromatic N) is 1. The SMILES string of the molecule is CCNCCCC(C)N(CCC(C)C)CCC(C)C. The third-order valence-corrected chi connectivity index (χ3v) is 3.84. The summed E-state index contributed by atoms with van der Waals surface area (Å²) in [5.74, 6) is 1.63. The predicted molar refractivity (Wildman–Crippen MR) is 87.7 cm³/mol. The molecule has 0 amide bonds. The third-order valence-electron chi connectivity index (χ3n) is 3.84. The molecule has 0 rings (SSSR count). The molecular formula is C17H38N2. The van der Waals surface area contributed by atoms with Crippen LogP contribution in [0, 0.1) is 11.8 Å². The Bertz CT molecular complexity index is 178. The Morgan fingerprint density at radius 2 is 1.37 bits per heavy atom. The van der Waals surface area contributed by atoms with Gasteiger partial charge in [0.05, 0.1) is 0 Å². The second kappa shape index (κ2) is 11.7. The molecule has 0 aromatic rings. The lowest BCUT2D eigenvalue weighted by Gasteiger charge is -2.30. The van der Waals surface area contributed by atoms with Crippen LogP contribution in [0.2, 0.25) is 0 Å². The molecule has 0 aromatic heterocycles. The highest BCUT2D eigenvalue weighted by Gasteiger charge is 2.14. The van der Waals surface area contributed by atoms with Crippen molar-refractivity contribution in [2.75, 3.05) is 26.2 Å². The fraction of sp³-hybridized carbons (Fsp3) is 1.00. The molecule has 1 N–H and O–H groups in total. The summed E-state index contributed by atoms with van der Waals surface area (Å²) in [5, 5.41) is 3.42. The van der Waals surface area contributed by atoms with Crippen molar-refractivity contribution in [1.29, 1.82) is 0 Å². The average molecular weight is 271 g/mol. The first kappa shape index (κ1) is 18.9. The molecule has 2 heteroatoms. The molecule has 0 aliphatic heterocycles. The van der Waals surface area contributed by atoms with E-state index in [1.807, 2.05) is 0 Å². The highest BCUT2D eigenvalue weighted by molar-refractivity contribution is 4.69. The van der Waals surface area contributed by atoms with Gasteiger partial charge in [-0.15, -0.1) is 0 Å². The normalized spacial score (nSPS) is 13.7. The van der Waals surface area contributed by atoms with Gasteiger partial charge in [-0.25, -0.2) is 0 Å². The second-order valence-electron chi connectivity index (χ2n) is 6.75. The lowest BCUT2D eigenvalue weighted by molar-refractivity contribution is 0.177. The summed E-state index contributed by atoms with van der Waals surface area (Å²) in [6.45, 7) is 18.7. The summed E-state index contributed by atoms with van der Waals surface area (Å²) < 4.78 is 0. The molecule has 19 heavy (non-hydrogen) atoms. The first-order chi connectivity index (χ1) is 8.97. The molecule has 0 saturated heterocycles. The van der Waals surface area contributed by atoms with Crippen LogP contribution in [0.4, 0.5) is 0 Å². The van der Waals surface area contributed by atoms with Gasteiger partial charge >= 0.3 is 0 Å². The summed E-state index contributed by atoms with van der Waals surface area (Å²) >= 11 is 0. The van der Waals surface area contributed by atoms with E-state index in [0.717, 1.165) is 24.4 Å². The van der Waals surface area contributed by atoms with Crippen molar-refractivity contribution in [1.82, 2.24) is 10.2 Å². The monoisotopic (exact) mass is 270 g/mol. The van der Waals surface area contributed by atoms with E-state index in [-0.39, 0.29) is 0 Å². The van der Waals surface area contributed by atoms with E-state index in [9.17, 15) is 0 Å². The third kappa shape index (κ3) is 11.4. The van der Waals surface area contributed by atoms with Gasteiger partial charge in [0.1, 0.15) is 0 Å². The Morgan fingerprint density at radius 3 is 1.79 bits per heavy atom. The van der Waals surface area contributed by atoms with Crippen molar-refractivity contribution >= 4 is 0 Å². The summed E-state index contributed by atoms with van der Waals surface area (Å²) in [4.78, 5) is 2.71. The van der Waals surface area contributed by atoms with Gasteiger partial charge in [-0.2, -0.15) is 0 Å². The van der Waals surface area contributed by atoms with E-state index in [1.54, 1.807) is 0 Å². The van der Waals surface area contributed by atoms with Crippen LogP contribution < -0.4 is 5.32 Å². The van der Waals surface area contributed by atoms with Crippen LogP contribution in [0.15, 0.2) is 0 Å². The van der Waals surface area contributed by atoms with Gasteiger partial charge < -0.3 is 10.2 Å². The molecule has 116 valence electrons.